The Morgan fingerprint density at radius 2 is 1.70 bits per heavy atom. The molecule has 13 heteroatoms. The van der Waals surface area contributed by atoms with Crippen LogP contribution in [-0.2, 0) is 14.8 Å². The van der Waals surface area contributed by atoms with Crippen LogP contribution in [0.5, 0.6) is 0 Å². The van der Waals surface area contributed by atoms with Gasteiger partial charge in [-0.2, -0.15) is 18.4 Å². The lowest BCUT2D eigenvalue weighted by Crippen LogP contribution is -2.53. The topological polar surface area (TPSA) is 124 Å². The summed E-state index contributed by atoms with van der Waals surface area (Å²) in [4.78, 5) is 16.8. The fraction of sp³-hybridized carbons (Fsp3) is 0.458. The first-order valence-corrected chi connectivity index (χ1v) is 13.2. The van der Waals surface area contributed by atoms with E-state index in [-0.39, 0.29) is 11.4 Å². The standard InChI is InChI=1S/C24H27F4N5O3S/c1-22(2,25)12-18(21(34)32-23(14-29)10-11-23)31-20(24(26,27)28)16-6-4-15(5-7-16)17-8-9-19(30-13-17)33-37(3,35)36/h4-9,13,18,20,31H,10-12H2,1-3H3,(H,30,33)(H,32,34)/t18-,20-/m0/s1. The smallest absolute Gasteiger partial charge is 0.336 e. The number of pyridine rings is 1. The minimum absolute atomic E-state index is 0.0914. The Labute approximate surface area is 212 Å². The highest BCUT2D eigenvalue weighted by atomic mass is 32.2. The fourth-order valence-corrected chi connectivity index (χ4v) is 4.19. The number of nitriles is 1. The molecule has 1 aromatic carbocycles. The maximum absolute atomic E-state index is 14.4. The van der Waals surface area contributed by atoms with Crippen molar-refractivity contribution in [3.63, 3.8) is 0 Å². The summed E-state index contributed by atoms with van der Waals surface area (Å²) in [6, 6.07) is 6.41. The van der Waals surface area contributed by atoms with Gasteiger partial charge in [0, 0.05) is 18.2 Å². The van der Waals surface area contributed by atoms with E-state index in [0.29, 0.717) is 24.0 Å². The molecule has 0 spiro atoms. The van der Waals surface area contributed by atoms with Crippen LogP contribution < -0.4 is 15.4 Å². The zero-order valence-electron chi connectivity index (χ0n) is 20.4. The lowest BCUT2D eigenvalue weighted by molar-refractivity contribution is -0.161. The van der Waals surface area contributed by atoms with Crippen molar-refractivity contribution in [3.8, 4) is 17.2 Å². The molecule has 0 bridgehead atoms. The van der Waals surface area contributed by atoms with E-state index in [9.17, 15) is 36.0 Å². The Bertz CT molecular complexity index is 1260. The van der Waals surface area contributed by atoms with Crippen LogP contribution in [0.4, 0.5) is 23.4 Å². The molecule has 1 aromatic heterocycles. The van der Waals surface area contributed by atoms with Crippen molar-refractivity contribution in [1.82, 2.24) is 15.6 Å². The van der Waals surface area contributed by atoms with Crippen LogP contribution in [0.3, 0.4) is 0 Å². The highest BCUT2D eigenvalue weighted by Crippen LogP contribution is 2.37. The van der Waals surface area contributed by atoms with Crippen molar-refractivity contribution >= 4 is 21.7 Å². The molecule has 1 aliphatic carbocycles. The third-order valence-corrected chi connectivity index (χ3v) is 6.24. The van der Waals surface area contributed by atoms with Gasteiger partial charge in [0.15, 0.2) is 0 Å². The highest BCUT2D eigenvalue weighted by molar-refractivity contribution is 7.92. The number of alkyl halides is 4. The van der Waals surface area contributed by atoms with Crippen LogP contribution in [-0.4, -0.2) is 49.0 Å². The van der Waals surface area contributed by atoms with Gasteiger partial charge < -0.3 is 5.32 Å². The van der Waals surface area contributed by atoms with Crippen molar-refractivity contribution in [2.24, 2.45) is 0 Å². The number of aromatic nitrogens is 1. The molecule has 3 rings (SSSR count). The number of carbonyl (C=O) groups excluding carboxylic acids is 1. The molecular weight excluding hydrogens is 514 g/mol. The second kappa shape index (κ2) is 10.3. The van der Waals surface area contributed by atoms with E-state index < -0.39 is 51.8 Å². The molecular formula is C24H27F4N5O3S. The number of benzene rings is 1. The molecule has 0 radical (unpaired) electrons. The molecule has 1 fully saturated rings. The second-order valence-corrected chi connectivity index (χ2v) is 11.5. The minimum Gasteiger partial charge on any atom is -0.336 e. The average molecular weight is 542 g/mol. The third-order valence-electron chi connectivity index (χ3n) is 5.66. The van der Waals surface area contributed by atoms with E-state index in [1.807, 2.05) is 6.07 Å². The van der Waals surface area contributed by atoms with Gasteiger partial charge in [0.25, 0.3) is 0 Å². The summed E-state index contributed by atoms with van der Waals surface area (Å²) in [6.07, 6.45) is -2.24. The van der Waals surface area contributed by atoms with Crippen molar-refractivity contribution in [2.45, 2.75) is 62.6 Å². The van der Waals surface area contributed by atoms with Gasteiger partial charge in [-0.25, -0.2) is 17.8 Å². The Morgan fingerprint density at radius 3 is 2.14 bits per heavy atom. The van der Waals surface area contributed by atoms with Gasteiger partial charge in [-0.3, -0.25) is 14.8 Å². The van der Waals surface area contributed by atoms with Gasteiger partial charge in [-0.1, -0.05) is 24.3 Å². The van der Waals surface area contributed by atoms with Crippen molar-refractivity contribution < 1.29 is 30.8 Å². The van der Waals surface area contributed by atoms with Gasteiger partial charge in [0.05, 0.1) is 18.4 Å². The molecule has 0 unspecified atom stereocenters. The zero-order chi connectivity index (χ0) is 27.6. The average Bonchev–Trinajstić information content (AvgIpc) is 3.54. The van der Waals surface area contributed by atoms with Crippen LogP contribution in [0.25, 0.3) is 11.1 Å². The van der Waals surface area contributed by atoms with Crippen molar-refractivity contribution in [3.05, 3.63) is 48.2 Å². The normalized spacial score (nSPS) is 16.8. The van der Waals surface area contributed by atoms with Crippen LogP contribution >= 0.6 is 0 Å². The molecule has 3 N–H and O–H groups in total. The molecule has 8 nitrogen and oxygen atoms in total. The number of anilines is 1. The Kier molecular flexibility index (Phi) is 7.85. The summed E-state index contributed by atoms with van der Waals surface area (Å²) >= 11 is 0. The van der Waals surface area contributed by atoms with E-state index in [4.69, 9.17) is 0 Å². The SMILES string of the molecule is CC(C)(F)C[C@H](N[C@@H](c1ccc(-c2ccc(NS(C)(=O)=O)nc2)cc1)C(F)(F)F)C(=O)NC1(C#N)CC1. The molecule has 2 aromatic rings. The quantitative estimate of drug-likeness (QED) is 0.391. The van der Waals surface area contributed by atoms with Crippen LogP contribution in [0.2, 0.25) is 0 Å². The van der Waals surface area contributed by atoms with E-state index in [2.05, 4.69) is 20.3 Å². The number of hydrogen-bond acceptors (Lipinski definition) is 6. The molecule has 1 saturated carbocycles. The molecule has 1 aliphatic rings. The summed E-state index contributed by atoms with van der Waals surface area (Å²) in [5, 5.41) is 13.9. The summed E-state index contributed by atoms with van der Waals surface area (Å²) in [7, 11) is -3.51. The minimum atomic E-state index is -4.81. The summed E-state index contributed by atoms with van der Waals surface area (Å²) < 4.78 is 81.5. The zero-order valence-corrected chi connectivity index (χ0v) is 21.2. The number of carbonyl (C=O) groups is 1. The van der Waals surface area contributed by atoms with Crippen molar-refractivity contribution in [2.75, 3.05) is 11.0 Å². The number of sulfonamides is 1. The van der Waals surface area contributed by atoms with Gasteiger partial charge in [-0.15, -0.1) is 0 Å². The molecule has 1 heterocycles. The Balaban J connectivity index is 1.83. The van der Waals surface area contributed by atoms with Gasteiger partial charge in [0.2, 0.25) is 15.9 Å². The Hall–Kier alpha value is -3.24. The third kappa shape index (κ3) is 8.13. The van der Waals surface area contributed by atoms with E-state index in [1.165, 1.54) is 36.5 Å². The number of nitrogens with one attached hydrogen (secondary N) is 3. The summed E-state index contributed by atoms with van der Waals surface area (Å²) in [6.45, 7) is 2.32. The molecule has 0 saturated heterocycles. The summed E-state index contributed by atoms with van der Waals surface area (Å²) in [5.74, 6) is -0.779. The van der Waals surface area contributed by atoms with Gasteiger partial charge >= 0.3 is 6.18 Å². The number of nitrogens with zero attached hydrogens (tertiary/aromatic N) is 2. The van der Waals surface area contributed by atoms with Gasteiger partial charge in [-0.05, 0) is 49.9 Å². The number of amides is 1. The number of halogens is 4. The number of hydrogen-bond donors (Lipinski definition) is 3. The first-order valence-electron chi connectivity index (χ1n) is 11.3. The van der Waals surface area contributed by atoms with E-state index in [1.54, 1.807) is 6.07 Å². The van der Waals surface area contributed by atoms with Crippen LogP contribution in [0.1, 0.15) is 44.7 Å². The maximum Gasteiger partial charge on any atom is 0.407 e. The van der Waals surface area contributed by atoms with E-state index >= 15 is 0 Å². The predicted octanol–water partition coefficient (Wildman–Crippen LogP) is 3.99. The molecule has 0 aliphatic heterocycles. The molecule has 37 heavy (non-hydrogen) atoms. The van der Waals surface area contributed by atoms with Crippen LogP contribution in [0, 0.1) is 11.3 Å². The second-order valence-electron chi connectivity index (χ2n) is 9.73. The van der Waals surface area contributed by atoms with Gasteiger partial charge in [0.1, 0.15) is 23.1 Å². The first kappa shape index (κ1) is 28.3. The Morgan fingerprint density at radius 1 is 1.11 bits per heavy atom. The maximum atomic E-state index is 14.4. The lowest BCUT2D eigenvalue weighted by Gasteiger charge is -2.30. The molecule has 200 valence electrons. The molecule has 2 atom stereocenters. The fourth-order valence-electron chi connectivity index (χ4n) is 3.69. The monoisotopic (exact) mass is 541 g/mol. The van der Waals surface area contributed by atoms with Crippen LogP contribution in [0.15, 0.2) is 42.6 Å². The van der Waals surface area contributed by atoms with E-state index in [0.717, 1.165) is 20.1 Å². The highest BCUT2D eigenvalue weighted by Gasteiger charge is 2.48. The molecule has 1 amide bonds. The largest absolute Gasteiger partial charge is 0.407 e. The first-order chi connectivity index (χ1) is 17.0. The van der Waals surface area contributed by atoms with Crippen molar-refractivity contribution in [1.29, 1.82) is 5.26 Å². The summed E-state index contributed by atoms with van der Waals surface area (Å²) in [5.41, 5.74) is -2.22. The predicted molar refractivity (Wildman–Crippen MR) is 129 cm³/mol. The lowest BCUT2D eigenvalue weighted by atomic mass is 9.96. The number of rotatable bonds is 10.